The number of carbonyl (C=O) groups excluding carboxylic acids is 2. The number of hydrogen-bond donors (Lipinski definition) is 4. The molecule has 42 heavy (non-hydrogen) atoms. The third kappa shape index (κ3) is 5.53. The first kappa shape index (κ1) is 27.3. The zero-order valence-corrected chi connectivity index (χ0v) is 23.3. The van der Waals surface area contributed by atoms with Crippen LogP contribution in [0.25, 0.3) is 11.1 Å². The van der Waals surface area contributed by atoms with Gasteiger partial charge in [0.15, 0.2) is 11.5 Å². The summed E-state index contributed by atoms with van der Waals surface area (Å²) in [6.07, 6.45) is 8.19. The summed E-state index contributed by atoms with van der Waals surface area (Å²) >= 11 is 0. The number of ether oxygens (including phenoxy) is 1. The molecule has 4 aromatic rings. The number of para-hydroxylation sites is 1. The van der Waals surface area contributed by atoms with Crippen molar-refractivity contribution in [3.63, 3.8) is 0 Å². The van der Waals surface area contributed by atoms with Crippen molar-refractivity contribution >= 4 is 29.0 Å². The van der Waals surface area contributed by atoms with Crippen LogP contribution in [0.4, 0.5) is 17.2 Å². The number of pyridine rings is 1. The molecule has 2 saturated carbocycles. The number of anilines is 3. The summed E-state index contributed by atoms with van der Waals surface area (Å²) in [4.78, 5) is 29.1. The molecule has 2 fully saturated rings. The molecule has 2 aliphatic carbocycles. The maximum Gasteiger partial charge on any atom is 0.273 e. The van der Waals surface area contributed by atoms with Crippen LogP contribution in [-0.4, -0.2) is 56.0 Å². The minimum Gasteiger partial charge on any atom is -0.494 e. The number of aliphatic hydroxyl groups excluding tert-OH is 1. The Kier molecular flexibility index (Phi) is 7.53. The SMILES string of the molecule is CNC(=O)c1nnc(NC(=O)C2CC2)cc1Nc1cccc(-c2cnn(C3CC([C@H](O)c4ccccn4)C3)c2)c1OC. The molecule has 12 nitrogen and oxygen atoms in total. The molecule has 0 unspecified atom stereocenters. The fraction of sp³-hybridized carbons (Fsp3) is 0.333. The largest absolute Gasteiger partial charge is 0.494 e. The number of benzene rings is 1. The smallest absolute Gasteiger partial charge is 0.273 e. The molecule has 0 radical (unpaired) electrons. The Morgan fingerprint density at radius 1 is 1.10 bits per heavy atom. The molecule has 216 valence electrons. The van der Waals surface area contributed by atoms with Crippen molar-refractivity contribution in [3.8, 4) is 16.9 Å². The number of nitrogens with one attached hydrogen (secondary N) is 3. The number of aliphatic hydroxyl groups is 1. The summed E-state index contributed by atoms with van der Waals surface area (Å²) in [5.41, 5.74) is 3.41. The number of aromatic nitrogens is 5. The summed E-state index contributed by atoms with van der Waals surface area (Å²) in [5, 5.41) is 32.0. The molecule has 1 aromatic carbocycles. The molecule has 0 spiro atoms. The third-order valence-corrected chi connectivity index (χ3v) is 7.80. The molecule has 4 N–H and O–H groups in total. The van der Waals surface area contributed by atoms with Crippen LogP contribution in [0.15, 0.2) is 61.1 Å². The molecular formula is C30H32N8O4. The van der Waals surface area contributed by atoms with Gasteiger partial charge in [-0.3, -0.25) is 19.3 Å². The van der Waals surface area contributed by atoms with E-state index in [9.17, 15) is 14.7 Å². The molecule has 2 amide bonds. The molecule has 2 aliphatic rings. The molecule has 3 aromatic heterocycles. The van der Waals surface area contributed by atoms with Gasteiger partial charge in [0.2, 0.25) is 5.91 Å². The van der Waals surface area contributed by atoms with Gasteiger partial charge in [0.25, 0.3) is 5.91 Å². The monoisotopic (exact) mass is 568 g/mol. The number of rotatable bonds is 10. The highest BCUT2D eigenvalue weighted by Crippen LogP contribution is 2.45. The Balaban J connectivity index is 1.22. The van der Waals surface area contributed by atoms with Gasteiger partial charge in [-0.2, -0.15) is 5.10 Å². The van der Waals surface area contributed by atoms with Crippen LogP contribution in [0, 0.1) is 11.8 Å². The quantitative estimate of drug-likeness (QED) is 0.223. The van der Waals surface area contributed by atoms with Crippen molar-refractivity contribution in [2.45, 2.75) is 37.8 Å². The van der Waals surface area contributed by atoms with E-state index in [1.165, 1.54) is 7.05 Å². The maximum absolute atomic E-state index is 12.6. The van der Waals surface area contributed by atoms with Crippen molar-refractivity contribution in [1.82, 2.24) is 30.3 Å². The predicted octanol–water partition coefficient (Wildman–Crippen LogP) is 3.88. The van der Waals surface area contributed by atoms with Crippen LogP contribution >= 0.6 is 0 Å². The Bertz CT molecular complexity index is 1600. The lowest BCUT2D eigenvalue weighted by Crippen LogP contribution is -2.31. The van der Waals surface area contributed by atoms with Gasteiger partial charge >= 0.3 is 0 Å². The van der Waals surface area contributed by atoms with Crippen molar-refractivity contribution in [3.05, 3.63) is 72.4 Å². The summed E-state index contributed by atoms with van der Waals surface area (Å²) < 4.78 is 7.76. The lowest BCUT2D eigenvalue weighted by atomic mass is 9.76. The second-order valence-corrected chi connectivity index (χ2v) is 10.6. The average Bonchev–Trinajstić information content (AvgIpc) is 3.74. The van der Waals surface area contributed by atoms with Gasteiger partial charge in [-0.25, -0.2) is 0 Å². The second kappa shape index (κ2) is 11.6. The Hall–Kier alpha value is -4.84. The number of nitrogens with zero attached hydrogens (tertiary/aromatic N) is 5. The van der Waals surface area contributed by atoms with E-state index in [1.54, 1.807) is 25.6 Å². The number of amides is 2. The van der Waals surface area contributed by atoms with Gasteiger partial charge in [0, 0.05) is 42.6 Å². The molecule has 0 aliphatic heterocycles. The molecular weight excluding hydrogens is 536 g/mol. The maximum atomic E-state index is 12.6. The summed E-state index contributed by atoms with van der Waals surface area (Å²) in [7, 11) is 3.09. The first-order valence-corrected chi connectivity index (χ1v) is 13.9. The molecule has 3 heterocycles. The van der Waals surface area contributed by atoms with E-state index in [4.69, 9.17) is 4.74 Å². The first-order valence-electron chi connectivity index (χ1n) is 13.9. The normalized spacial score (nSPS) is 18.5. The highest BCUT2D eigenvalue weighted by Gasteiger charge is 2.37. The lowest BCUT2D eigenvalue weighted by molar-refractivity contribution is -0.117. The summed E-state index contributed by atoms with van der Waals surface area (Å²) in [5.74, 6) is 0.401. The lowest BCUT2D eigenvalue weighted by Gasteiger charge is -2.38. The number of methoxy groups -OCH3 is 1. The predicted molar refractivity (Wildman–Crippen MR) is 155 cm³/mol. The number of hydrogen-bond acceptors (Lipinski definition) is 9. The topological polar surface area (TPSA) is 156 Å². The van der Waals surface area contributed by atoms with Gasteiger partial charge in [0.1, 0.15) is 5.75 Å². The minimum absolute atomic E-state index is 0.00345. The third-order valence-electron chi connectivity index (χ3n) is 7.80. The average molecular weight is 569 g/mol. The van der Waals surface area contributed by atoms with E-state index in [1.807, 2.05) is 47.3 Å². The summed E-state index contributed by atoms with van der Waals surface area (Å²) in [6.45, 7) is 0. The van der Waals surface area contributed by atoms with Gasteiger partial charge in [-0.1, -0.05) is 18.2 Å². The van der Waals surface area contributed by atoms with E-state index in [0.29, 0.717) is 22.8 Å². The fourth-order valence-electron chi connectivity index (χ4n) is 5.21. The Morgan fingerprint density at radius 2 is 1.93 bits per heavy atom. The van der Waals surface area contributed by atoms with Crippen molar-refractivity contribution < 1.29 is 19.4 Å². The second-order valence-electron chi connectivity index (χ2n) is 10.6. The fourth-order valence-corrected chi connectivity index (χ4v) is 5.21. The highest BCUT2D eigenvalue weighted by molar-refractivity contribution is 6.00. The minimum atomic E-state index is -0.592. The van der Waals surface area contributed by atoms with Crippen LogP contribution in [0.1, 0.15) is 54.0 Å². The van der Waals surface area contributed by atoms with E-state index < -0.39 is 12.0 Å². The van der Waals surface area contributed by atoms with Gasteiger partial charge in [-0.05, 0) is 49.8 Å². The zero-order chi connectivity index (χ0) is 29.2. The van der Waals surface area contributed by atoms with Crippen molar-refractivity contribution in [2.24, 2.45) is 11.8 Å². The van der Waals surface area contributed by atoms with Crippen LogP contribution in [-0.2, 0) is 4.79 Å². The van der Waals surface area contributed by atoms with Crippen LogP contribution in [0.5, 0.6) is 5.75 Å². The summed E-state index contributed by atoms with van der Waals surface area (Å²) in [6, 6.07) is 13.0. The molecule has 1 atom stereocenters. The van der Waals surface area contributed by atoms with Gasteiger partial charge < -0.3 is 25.8 Å². The molecule has 0 saturated heterocycles. The van der Waals surface area contributed by atoms with Crippen LogP contribution in [0.3, 0.4) is 0 Å². The molecule has 0 bridgehead atoms. The number of carbonyl (C=O) groups is 2. The zero-order valence-electron chi connectivity index (χ0n) is 23.3. The molecule has 12 heteroatoms. The van der Waals surface area contributed by atoms with E-state index >= 15 is 0 Å². The first-order chi connectivity index (χ1) is 20.4. The highest BCUT2D eigenvalue weighted by atomic mass is 16.5. The Labute approximate surface area is 242 Å². The van der Waals surface area contributed by atoms with Gasteiger partial charge in [0.05, 0.1) is 42.5 Å². The van der Waals surface area contributed by atoms with E-state index in [-0.39, 0.29) is 35.3 Å². The van der Waals surface area contributed by atoms with Gasteiger partial charge in [-0.15, -0.1) is 10.2 Å². The van der Waals surface area contributed by atoms with Crippen LogP contribution in [0.2, 0.25) is 0 Å². The van der Waals surface area contributed by atoms with Crippen LogP contribution < -0.4 is 20.7 Å². The van der Waals surface area contributed by atoms with E-state index in [2.05, 4.69) is 36.2 Å². The van der Waals surface area contributed by atoms with Crippen molar-refractivity contribution in [1.29, 1.82) is 0 Å². The van der Waals surface area contributed by atoms with Crippen molar-refractivity contribution in [2.75, 3.05) is 24.8 Å². The Morgan fingerprint density at radius 3 is 2.64 bits per heavy atom. The molecule has 6 rings (SSSR count). The van der Waals surface area contributed by atoms with E-state index in [0.717, 1.165) is 36.8 Å². The standard InChI is InChI=1S/C30H32N8O4/c1-31-30(41)26-24(14-25(36-37-26)35-29(40)17-9-10-17)34-23-8-5-6-21(28(23)42-2)19-15-33-38(16-19)20-12-18(13-20)27(39)22-7-3-4-11-32-22/h3-8,11,14-18,20,27,39H,9-10,12-13H2,1-2H3,(H,31,41)(H2,34,35,36,40)/t18?,20?,27-/m0/s1.